The summed E-state index contributed by atoms with van der Waals surface area (Å²) in [5, 5.41) is 2.92. The molecule has 0 spiro atoms. The van der Waals surface area contributed by atoms with Crippen molar-refractivity contribution in [3.63, 3.8) is 0 Å². The number of thioether (sulfide) groups is 1. The maximum atomic E-state index is 13.2. The third kappa shape index (κ3) is 5.45. The molecule has 3 rings (SSSR count). The molecule has 9 heteroatoms. The van der Waals surface area contributed by atoms with Crippen LogP contribution in [0.25, 0.3) is 0 Å². The van der Waals surface area contributed by atoms with Gasteiger partial charge in [-0.2, -0.15) is 11.8 Å². The third-order valence-electron chi connectivity index (χ3n) is 5.50. The summed E-state index contributed by atoms with van der Waals surface area (Å²) in [6, 6.07) is 8.79. The SMILES string of the molecule is COc1cccc(CNC(=O)c2c(OC)cc(=O)n3c2CCN(C(=O)CCSC)CC3)c1. The van der Waals surface area contributed by atoms with E-state index in [1.165, 1.54) is 13.2 Å². The van der Waals surface area contributed by atoms with Gasteiger partial charge in [0, 0.05) is 56.5 Å². The average molecular weight is 460 g/mol. The van der Waals surface area contributed by atoms with Gasteiger partial charge in [-0.1, -0.05) is 12.1 Å². The number of amides is 2. The summed E-state index contributed by atoms with van der Waals surface area (Å²) in [6.45, 7) is 1.55. The molecule has 0 radical (unpaired) electrons. The highest BCUT2D eigenvalue weighted by atomic mass is 32.2. The Bertz CT molecular complexity index is 1040. The molecule has 0 fully saturated rings. The summed E-state index contributed by atoms with van der Waals surface area (Å²) >= 11 is 1.63. The first-order valence-electron chi connectivity index (χ1n) is 10.5. The lowest BCUT2D eigenvalue weighted by Crippen LogP contribution is -2.34. The van der Waals surface area contributed by atoms with E-state index in [4.69, 9.17) is 9.47 Å². The van der Waals surface area contributed by atoms with E-state index in [1.807, 2.05) is 30.5 Å². The molecule has 2 amide bonds. The van der Waals surface area contributed by atoms with Gasteiger partial charge in [-0.3, -0.25) is 14.4 Å². The van der Waals surface area contributed by atoms with Crippen molar-refractivity contribution in [3.8, 4) is 11.5 Å². The van der Waals surface area contributed by atoms with E-state index >= 15 is 0 Å². The highest BCUT2D eigenvalue weighted by Crippen LogP contribution is 2.23. The van der Waals surface area contributed by atoms with Crippen LogP contribution in [-0.2, 0) is 24.3 Å². The van der Waals surface area contributed by atoms with E-state index < -0.39 is 0 Å². The van der Waals surface area contributed by atoms with E-state index in [0.29, 0.717) is 56.0 Å². The van der Waals surface area contributed by atoms with E-state index in [-0.39, 0.29) is 23.1 Å². The van der Waals surface area contributed by atoms with Crippen LogP contribution in [0.4, 0.5) is 0 Å². The highest BCUT2D eigenvalue weighted by molar-refractivity contribution is 7.98. The van der Waals surface area contributed by atoms with Crippen LogP contribution < -0.4 is 20.3 Å². The molecule has 1 N–H and O–H groups in total. The van der Waals surface area contributed by atoms with Gasteiger partial charge in [0.1, 0.15) is 17.1 Å². The predicted octanol–water partition coefficient (Wildman–Crippen LogP) is 1.93. The topological polar surface area (TPSA) is 89.9 Å². The average Bonchev–Trinajstić information content (AvgIpc) is 3.04. The van der Waals surface area contributed by atoms with E-state index in [0.717, 1.165) is 11.3 Å². The van der Waals surface area contributed by atoms with Gasteiger partial charge in [0.15, 0.2) is 0 Å². The molecule has 172 valence electrons. The molecule has 1 aliphatic rings. The standard InChI is InChI=1S/C23H29N3O5S/c1-30-17-6-4-5-16(13-17)15-24-23(29)22-18-7-9-25(20(27)8-12-32-3)10-11-26(18)21(28)14-19(22)31-2/h4-6,13-14H,7-12,15H2,1-3H3,(H,24,29). The Balaban J connectivity index is 1.84. The lowest BCUT2D eigenvalue weighted by atomic mass is 10.1. The summed E-state index contributed by atoms with van der Waals surface area (Å²) in [5.41, 5.74) is 1.59. The Morgan fingerprint density at radius 1 is 1.12 bits per heavy atom. The summed E-state index contributed by atoms with van der Waals surface area (Å²) < 4.78 is 12.2. The summed E-state index contributed by atoms with van der Waals surface area (Å²) in [5.74, 6) is 1.45. The minimum atomic E-state index is -0.324. The maximum absolute atomic E-state index is 13.2. The fraction of sp³-hybridized carbons (Fsp3) is 0.435. The Hall–Kier alpha value is -2.94. The number of hydrogen-bond donors (Lipinski definition) is 1. The quantitative estimate of drug-likeness (QED) is 0.649. The number of pyridine rings is 1. The molecule has 2 heterocycles. The molecular formula is C23H29N3O5S. The molecule has 0 aliphatic carbocycles. The first kappa shape index (κ1) is 23.7. The Labute approximate surface area is 191 Å². The van der Waals surface area contributed by atoms with Gasteiger partial charge in [-0.15, -0.1) is 0 Å². The third-order valence-corrected chi connectivity index (χ3v) is 6.11. The van der Waals surface area contributed by atoms with Crippen LogP contribution in [0.1, 0.15) is 28.0 Å². The Morgan fingerprint density at radius 2 is 1.94 bits per heavy atom. The number of rotatable bonds is 8. The number of methoxy groups -OCH3 is 2. The van der Waals surface area contributed by atoms with Gasteiger partial charge < -0.3 is 24.3 Å². The van der Waals surface area contributed by atoms with Gasteiger partial charge in [0.25, 0.3) is 11.5 Å². The number of carbonyl (C=O) groups is 2. The lowest BCUT2D eigenvalue weighted by Gasteiger charge is -2.19. The van der Waals surface area contributed by atoms with Crippen LogP contribution in [0.3, 0.4) is 0 Å². The molecule has 1 aliphatic heterocycles. The Kier molecular flexibility index (Phi) is 8.21. The second kappa shape index (κ2) is 11.1. The van der Waals surface area contributed by atoms with Crippen LogP contribution in [0.5, 0.6) is 11.5 Å². The number of carbonyl (C=O) groups excluding carboxylic acids is 2. The molecule has 1 aromatic heterocycles. The van der Waals surface area contributed by atoms with E-state index in [1.54, 1.807) is 28.3 Å². The number of nitrogens with zero attached hydrogens (tertiary/aromatic N) is 2. The summed E-state index contributed by atoms with van der Waals surface area (Å²) in [4.78, 5) is 40.2. The molecule has 0 bridgehead atoms. The number of aromatic nitrogens is 1. The zero-order valence-electron chi connectivity index (χ0n) is 18.7. The zero-order valence-corrected chi connectivity index (χ0v) is 19.5. The number of nitrogens with one attached hydrogen (secondary N) is 1. The van der Waals surface area contributed by atoms with Crippen molar-refractivity contribution in [2.45, 2.75) is 25.9 Å². The number of fused-ring (bicyclic) bond motifs is 1. The molecule has 1 aromatic carbocycles. The summed E-state index contributed by atoms with van der Waals surface area (Å²) in [6.07, 6.45) is 2.83. The highest BCUT2D eigenvalue weighted by Gasteiger charge is 2.26. The number of ether oxygens (including phenoxy) is 2. The van der Waals surface area contributed by atoms with Crippen LogP contribution in [0, 0.1) is 0 Å². The molecular weight excluding hydrogens is 430 g/mol. The number of hydrogen-bond acceptors (Lipinski definition) is 6. The minimum absolute atomic E-state index is 0.0659. The van der Waals surface area contributed by atoms with Crippen molar-refractivity contribution in [1.82, 2.24) is 14.8 Å². The first-order valence-corrected chi connectivity index (χ1v) is 11.9. The molecule has 0 saturated carbocycles. The Morgan fingerprint density at radius 3 is 2.66 bits per heavy atom. The predicted molar refractivity (Wildman–Crippen MR) is 125 cm³/mol. The monoisotopic (exact) mass is 459 g/mol. The maximum Gasteiger partial charge on any atom is 0.257 e. The van der Waals surface area contributed by atoms with Crippen molar-refractivity contribution in [2.75, 3.05) is 39.3 Å². The van der Waals surface area contributed by atoms with Crippen molar-refractivity contribution in [2.24, 2.45) is 0 Å². The normalized spacial score (nSPS) is 13.2. The van der Waals surface area contributed by atoms with Crippen LogP contribution >= 0.6 is 11.8 Å². The van der Waals surface area contributed by atoms with E-state index in [9.17, 15) is 14.4 Å². The largest absolute Gasteiger partial charge is 0.497 e. The molecule has 8 nitrogen and oxygen atoms in total. The van der Waals surface area contributed by atoms with Crippen LogP contribution in [-0.4, -0.2) is 60.6 Å². The smallest absolute Gasteiger partial charge is 0.257 e. The van der Waals surface area contributed by atoms with Crippen LogP contribution in [0.2, 0.25) is 0 Å². The summed E-state index contributed by atoms with van der Waals surface area (Å²) in [7, 11) is 3.04. The van der Waals surface area contributed by atoms with Gasteiger partial charge in [-0.25, -0.2) is 0 Å². The second-order valence-corrected chi connectivity index (χ2v) is 8.42. The lowest BCUT2D eigenvalue weighted by molar-refractivity contribution is -0.130. The first-order chi connectivity index (χ1) is 15.5. The second-order valence-electron chi connectivity index (χ2n) is 7.43. The van der Waals surface area contributed by atoms with Crippen LogP contribution in [0.15, 0.2) is 35.1 Å². The van der Waals surface area contributed by atoms with Crippen molar-refractivity contribution < 1.29 is 19.1 Å². The molecule has 0 saturated heterocycles. The van der Waals surface area contributed by atoms with Crippen molar-refractivity contribution >= 4 is 23.6 Å². The fourth-order valence-corrected chi connectivity index (χ4v) is 4.18. The van der Waals surface area contributed by atoms with Gasteiger partial charge in [0.05, 0.1) is 14.2 Å². The molecule has 0 atom stereocenters. The van der Waals surface area contributed by atoms with E-state index in [2.05, 4.69) is 5.32 Å². The van der Waals surface area contributed by atoms with Gasteiger partial charge >= 0.3 is 0 Å². The van der Waals surface area contributed by atoms with Gasteiger partial charge in [0.2, 0.25) is 5.91 Å². The van der Waals surface area contributed by atoms with Crippen molar-refractivity contribution in [1.29, 1.82) is 0 Å². The number of benzene rings is 1. The minimum Gasteiger partial charge on any atom is -0.497 e. The van der Waals surface area contributed by atoms with Gasteiger partial charge in [-0.05, 0) is 24.0 Å². The molecule has 0 unspecified atom stereocenters. The van der Waals surface area contributed by atoms with Crippen molar-refractivity contribution in [3.05, 3.63) is 57.5 Å². The zero-order chi connectivity index (χ0) is 23.1. The fourth-order valence-electron chi connectivity index (χ4n) is 3.80. The molecule has 32 heavy (non-hydrogen) atoms. The molecule has 2 aromatic rings.